The molecular formula is C36H38N6O4S. The minimum Gasteiger partial charge on any atom is -0.388 e. The smallest absolute Gasteiger partial charge is 0.263 e. The van der Waals surface area contributed by atoms with Crippen molar-refractivity contribution in [1.29, 1.82) is 0 Å². The van der Waals surface area contributed by atoms with Gasteiger partial charge in [-0.05, 0) is 67.1 Å². The Labute approximate surface area is 276 Å². The number of carbonyl (C=O) groups is 2. The molecule has 2 fully saturated rings. The molecule has 2 amide bonds. The van der Waals surface area contributed by atoms with Gasteiger partial charge in [-0.1, -0.05) is 30.3 Å². The lowest BCUT2D eigenvalue weighted by Crippen LogP contribution is -2.53. The van der Waals surface area contributed by atoms with Gasteiger partial charge in [-0.15, -0.1) is 11.3 Å². The zero-order chi connectivity index (χ0) is 32.7. The summed E-state index contributed by atoms with van der Waals surface area (Å²) in [6.45, 7) is 3.91. The molecule has 0 spiro atoms. The maximum absolute atomic E-state index is 14.1. The standard InChI is InChI=1S/C36H38N6O4S/c1-24-20-30(47-31(24)26-8-14-37-15-9-26)35(45)41-17-11-27(29(21-41)25-6-4-3-5-7-25)33(43)40-18-12-36(46,13-19-40)22-42-23-38-32-28(34(42)44)10-16-39(32)2/h3-10,14-16,20,23,27,29,46H,11-13,17-19,21-22H2,1-2H3/t27-,29+/m1/s1. The Hall–Kier alpha value is -4.61. The van der Waals surface area contributed by atoms with E-state index in [0.717, 1.165) is 21.6 Å². The second-order valence-corrected chi connectivity index (χ2v) is 14.0. The topological polar surface area (TPSA) is 114 Å². The van der Waals surface area contributed by atoms with Crippen LogP contribution in [0.15, 0.2) is 84.3 Å². The molecular weight excluding hydrogens is 613 g/mol. The summed E-state index contributed by atoms with van der Waals surface area (Å²) in [5.41, 5.74) is 2.46. The Morgan fingerprint density at radius 3 is 2.51 bits per heavy atom. The van der Waals surface area contributed by atoms with Gasteiger partial charge in [-0.25, -0.2) is 4.98 Å². The summed E-state index contributed by atoms with van der Waals surface area (Å²) in [6.07, 6.45) is 8.10. The van der Waals surface area contributed by atoms with Crippen LogP contribution in [0.5, 0.6) is 0 Å². The van der Waals surface area contributed by atoms with Gasteiger partial charge >= 0.3 is 0 Å². The van der Waals surface area contributed by atoms with E-state index in [1.807, 2.05) is 72.3 Å². The van der Waals surface area contributed by atoms with E-state index in [0.29, 0.717) is 61.4 Å². The zero-order valence-corrected chi connectivity index (χ0v) is 27.4. The molecule has 2 aliphatic heterocycles. The van der Waals surface area contributed by atoms with Crippen molar-refractivity contribution in [1.82, 2.24) is 28.9 Å². The maximum Gasteiger partial charge on any atom is 0.263 e. The number of hydrogen-bond acceptors (Lipinski definition) is 7. The van der Waals surface area contributed by atoms with Gasteiger partial charge in [-0.2, -0.15) is 0 Å². The van der Waals surface area contributed by atoms with Crippen LogP contribution in [0.1, 0.15) is 46.0 Å². The number of thiophene rings is 1. The Kier molecular flexibility index (Phi) is 8.27. The Morgan fingerprint density at radius 2 is 1.77 bits per heavy atom. The average molecular weight is 651 g/mol. The molecule has 5 aromatic rings. The number of rotatable bonds is 6. The number of hydrogen-bond donors (Lipinski definition) is 1. The molecule has 0 unspecified atom stereocenters. The molecule has 2 aliphatic rings. The van der Waals surface area contributed by atoms with Crippen molar-refractivity contribution in [3.8, 4) is 10.4 Å². The molecule has 1 aromatic carbocycles. The zero-order valence-electron chi connectivity index (χ0n) is 26.6. The van der Waals surface area contributed by atoms with E-state index < -0.39 is 5.60 Å². The fraction of sp³-hybridized carbons (Fsp3) is 0.361. The second-order valence-electron chi connectivity index (χ2n) is 12.9. The van der Waals surface area contributed by atoms with Crippen molar-refractivity contribution in [3.05, 3.63) is 106 Å². The number of nitrogens with zero attached hydrogens (tertiary/aromatic N) is 6. The third-order valence-corrected chi connectivity index (χ3v) is 11.1. The first-order valence-corrected chi connectivity index (χ1v) is 16.9. The Morgan fingerprint density at radius 1 is 1.02 bits per heavy atom. The van der Waals surface area contributed by atoms with Gasteiger partial charge in [0.15, 0.2) is 0 Å². The number of aryl methyl sites for hydroxylation is 2. The van der Waals surface area contributed by atoms with Crippen LogP contribution in [-0.2, 0) is 18.4 Å². The van der Waals surface area contributed by atoms with Gasteiger partial charge < -0.3 is 19.5 Å². The van der Waals surface area contributed by atoms with E-state index in [1.54, 1.807) is 29.2 Å². The van der Waals surface area contributed by atoms with Crippen LogP contribution in [0.2, 0.25) is 0 Å². The predicted octanol–water partition coefficient (Wildman–Crippen LogP) is 4.47. The highest BCUT2D eigenvalue weighted by molar-refractivity contribution is 7.17. The highest BCUT2D eigenvalue weighted by Crippen LogP contribution is 2.38. The fourth-order valence-electron chi connectivity index (χ4n) is 7.15. The fourth-order valence-corrected chi connectivity index (χ4v) is 8.30. The van der Waals surface area contributed by atoms with Crippen molar-refractivity contribution in [2.45, 2.75) is 44.2 Å². The molecule has 10 nitrogen and oxygen atoms in total. The number of piperidine rings is 2. The van der Waals surface area contributed by atoms with Crippen LogP contribution in [-0.4, -0.2) is 77.6 Å². The van der Waals surface area contributed by atoms with E-state index in [2.05, 4.69) is 9.97 Å². The minimum absolute atomic E-state index is 0.00769. The molecule has 0 aliphatic carbocycles. The average Bonchev–Trinajstić information content (AvgIpc) is 3.68. The largest absolute Gasteiger partial charge is 0.388 e. The lowest BCUT2D eigenvalue weighted by molar-refractivity contribution is -0.142. The highest BCUT2D eigenvalue weighted by Gasteiger charge is 2.42. The van der Waals surface area contributed by atoms with Crippen molar-refractivity contribution in [2.24, 2.45) is 13.0 Å². The number of aromatic nitrogens is 4. The Balaban J connectivity index is 1.05. The van der Waals surface area contributed by atoms with Crippen molar-refractivity contribution in [3.63, 3.8) is 0 Å². The maximum atomic E-state index is 14.1. The Bertz CT molecular complexity index is 1980. The predicted molar refractivity (Wildman–Crippen MR) is 181 cm³/mol. The second kappa shape index (κ2) is 12.5. The van der Waals surface area contributed by atoms with Crippen LogP contribution < -0.4 is 5.56 Å². The quantitative estimate of drug-likeness (QED) is 0.290. The monoisotopic (exact) mass is 650 g/mol. The minimum atomic E-state index is -1.12. The van der Waals surface area contributed by atoms with Crippen LogP contribution in [0.25, 0.3) is 21.5 Å². The van der Waals surface area contributed by atoms with Crippen LogP contribution in [0.3, 0.4) is 0 Å². The van der Waals surface area contributed by atoms with Gasteiger partial charge in [0.1, 0.15) is 12.0 Å². The normalized spacial score (nSPS) is 19.6. The molecule has 242 valence electrons. The first-order valence-electron chi connectivity index (χ1n) is 16.1. The van der Waals surface area contributed by atoms with Crippen LogP contribution in [0, 0.1) is 12.8 Å². The SMILES string of the molecule is Cc1cc(C(=O)N2CC[C@@H](C(=O)N3CCC(O)(Cn4cnc5c(ccn5C)c4=O)CC3)[C@H](c3ccccc3)C2)sc1-c1ccncc1. The molecule has 47 heavy (non-hydrogen) atoms. The molecule has 2 atom stereocenters. The summed E-state index contributed by atoms with van der Waals surface area (Å²) >= 11 is 1.50. The van der Waals surface area contributed by atoms with Crippen LogP contribution >= 0.6 is 11.3 Å². The number of pyridine rings is 1. The number of aliphatic hydroxyl groups is 1. The number of benzene rings is 1. The first-order chi connectivity index (χ1) is 22.7. The van der Waals surface area contributed by atoms with E-state index in [9.17, 15) is 19.5 Å². The van der Waals surface area contributed by atoms with Gasteiger partial charge in [0.05, 0.1) is 22.4 Å². The highest BCUT2D eigenvalue weighted by atomic mass is 32.1. The number of fused-ring (bicyclic) bond motifs is 1. The summed E-state index contributed by atoms with van der Waals surface area (Å²) in [5, 5.41) is 12.0. The third-order valence-electron chi connectivity index (χ3n) is 9.84. The summed E-state index contributed by atoms with van der Waals surface area (Å²) < 4.78 is 3.28. The molecule has 6 heterocycles. The number of carbonyl (C=O) groups excluding carboxylic acids is 2. The van der Waals surface area contributed by atoms with Gasteiger partial charge in [0.2, 0.25) is 5.91 Å². The molecule has 0 saturated carbocycles. The first kappa shape index (κ1) is 31.0. The van der Waals surface area contributed by atoms with Crippen molar-refractivity contribution < 1.29 is 14.7 Å². The van der Waals surface area contributed by atoms with E-state index >= 15 is 0 Å². The molecule has 2 saturated heterocycles. The van der Waals surface area contributed by atoms with E-state index in [-0.39, 0.29) is 35.8 Å². The molecule has 11 heteroatoms. The summed E-state index contributed by atoms with van der Waals surface area (Å²) in [5.74, 6) is -0.376. The van der Waals surface area contributed by atoms with Gasteiger partial charge in [-0.3, -0.25) is 23.9 Å². The van der Waals surface area contributed by atoms with E-state index in [4.69, 9.17) is 0 Å². The lowest BCUT2D eigenvalue weighted by Gasteiger charge is -2.43. The van der Waals surface area contributed by atoms with Gasteiger partial charge in [0, 0.05) is 68.5 Å². The summed E-state index contributed by atoms with van der Waals surface area (Å²) in [4.78, 5) is 55.1. The van der Waals surface area contributed by atoms with E-state index in [1.165, 1.54) is 22.2 Å². The van der Waals surface area contributed by atoms with Crippen molar-refractivity contribution >= 4 is 34.2 Å². The van der Waals surface area contributed by atoms with Crippen molar-refractivity contribution in [2.75, 3.05) is 26.2 Å². The molecule has 1 N–H and O–H groups in total. The molecule has 0 radical (unpaired) electrons. The number of likely N-dealkylation sites (tertiary alicyclic amines) is 2. The molecule has 0 bridgehead atoms. The van der Waals surface area contributed by atoms with Gasteiger partial charge in [0.25, 0.3) is 11.5 Å². The molecule has 4 aromatic heterocycles. The lowest BCUT2D eigenvalue weighted by atomic mass is 9.79. The third kappa shape index (κ3) is 6.01. The summed E-state index contributed by atoms with van der Waals surface area (Å²) in [7, 11) is 1.84. The number of amides is 2. The van der Waals surface area contributed by atoms with Crippen LogP contribution in [0.4, 0.5) is 0 Å². The summed E-state index contributed by atoms with van der Waals surface area (Å²) in [6, 6.07) is 17.6. The molecule has 7 rings (SSSR count).